The minimum atomic E-state index is -0.827. The van der Waals surface area contributed by atoms with Crippen molar-refractivity contribution in [3.05, 3.63) is 17.5 Å². The molecule has 7 nitrogen and oxygen atoms in total. The SMILES string of the molecule is CCn1nc(C(=O)N2C[C@@H]3CN(C)C[C@]3(C(=O)O)C2)cc1C. The van der Waals surface area contributed by atoms with Gasteiger partial charge in [0, 0.05) is 44.3 Å². The number of hydrogen-bond donors (Lipinski definition) is 1. The molecule has 2 saturated heterocycles. The molecular formula is C15H22N4O3. The van der Waals surface area contributed by atoms with Gasteiger partial charge in [-0.15, -0.1) is 0 Å². The van der Waals surface area contributed by atoms with E-state index in [-0.39, 0.29) is 18.4 Å². The third kappa shape index (κ3) is 2.11. The predicted molar refractivity (Wildman–Crippen MR) is 79.6 cm³/mol. The highest BCUT2D eigenvalue weighted by atomic mass is 16.4. The minimum Gasteiger partial charge on any atom is -0.481 e. The van der Waals surface area contributed by atoms with E-state index in [9.17, 15) is 14.7 Å². The summed E-state index contributed by atoms with van der Waals surface area (Å²) in [5, 5.41) is 14.0. The summed E-state index contributed by atoms with van der Waals surface area (Å²) in [6, 6.07) is 1.78. The number of aromatic nitrogens is 2. The summed E-state index contributed by atoms with van der Waals surface area (Å²) in [4.78, 5) is 28.1. The molecule has 2 aliphatic heterocycles. The second-order valence-corrected chi connectivity index (χ2v) is 6.53. The highest BCUT2D eigenvalue weighted by Gasteiger charge is 2.57. The molecule has 22 heavy (non-hydrogen) atoms. The van der Waals surface area contributed by atoms with Crippen molar-refractivity contribution in [2.45, 2.75) is 20.4 Å². The van der Waals surface area contributed by atoms with Crippen LogP contribution in [0.5, 0.6) is 0 Å². The van der Waals surface area contributed by atoms with Crippen LogP contribution in [0.25, 0.3) is 0 Å². The summed E-state index contributed by atoms with van der Waals surface area (Å²) >= 11 is 0. The van der Waals surface area contributed by atoms with Gasteiger partial charge in [-0.2, -0.15) is 5.10 Å². The lowest BCUT2D eigenvalue weighted by atomic mass is 9.81. The molecule has 120 valence electrons. The second-order valence-electron chi connectivity index (χ2n) is 6.53. The zero-order valence-corrected chi connectivity index (χ0v) is 13.2. The molecule has 0 aromatic carbocycles. The van der Waals surface area contributed by atoms with Gasteiger partial charge in [0.05, 0.1) is 0 Å². The lowest BCUT2D eigenvalue weighted by Gasteiger charge is -2.23. The molecule has 2 fully saturated rings. The fourth-order valence-electron chi connectivity index (χ4n) is 3.87. The van der Waals surface area contributed by atoms with Gasteiger partial charge < -0.3 is 14.9 Å². The average Bonchev–Trinajstić information content (AvgIpc) is 3.07. The van der Waals surface area contributed by atoms with Crippen LogP contribution in [0.15, 0.2) is 6.07 Å². The maximum atomic E-state index is 12.6. The molecule has 1 aromatic rings. The van der Waals surface area contributed by atoms with E-state index in [1.54, 1.807) is 15.6 Å². The first-order chi connectivity index (χ1) is 10.4. The Morgan fingerprint density at radius 1 is 1.41 bits per heavy atom. The first-order valence-electron chi connectivity index (χ1n) is 7.63. The van der Waals surface area contributed by atoms with E-state index in [0.29, 0.717) is 25.3 Å². The lowest BCUT2D eigenvalue weighted by molar-refractivity contribution is -0.148. The Kier molecular flexibility index (Phi) is 3.47. The number of aryl methyl sites for hydroxylation is 2. The molecule has 7 heteroatoms. The zero-order valence-electron chi connectivity index (χ0n) is 13.2. The zero-order chi connectivity index (χ0) is 16.1. The molecule has 0 spiro atoms. The molecule has 0 saturated carbocycles. The quantitative estimate of drug-likeness (QED) is 0.869. The number of amides is 1. The van der Waals surface area contributed by atoms with Gasteiger partial charge >= 0.3 is 5.97 Å². The van der Waals surface area contributed by atoms with Crippen molar-refractivity contribution in [2.24, 2.45) is 11.3 Å². The first-order valence-corrected chi connectivity index (χ1v) is 7.63. The van der Waals surface area contributed by atoms with Gasteiger partial charge in [0.25, 0.3) is 5.91 Å². The fourth-order valence-corrected chi connectivity index (χ4v) is 3.87. The fraction of sp³-hybridized carbons (Fsp3) is 0.667. The van der Waals surface area contributed by atoms with E-state index in [2.05, 4.69) is 5.10 Å². The number of aliphatic carboxylic acids is 1. The smallest absolute Gasteiger partial charge is 0.313 e. The first kappa shape index (κ1) is 15.0. The number of carbonyl (C=O) groups excluding carboxylic acids is 1. The van der Waals surface area contributed by atoms with Gasteiger partial charge in [-0.3, -0.25) is 14.3 Å². The molecule has 0 bridgehead atoms. The molecule has 0 aliphatic carbocycles. The molecule has 2 atom stereocenters. The Hall–Kier alpha value is -1.89. The van der Waals surface area contributed by atoms with Crippen LogP contribution in [-0.4, -0.2) is 69.8 Å². The van der Waals surface area contributed by atoms with Crippen LogP contribution in [0.2, 0.25) is 0 Å². The van der Waals surface area contributed by atoms with Gasteiger partial charge in [-0.25, -0.2) is 0 Å². The van der Waals surface area contributed by atoms with Crippen LogP contribution < -0.4 is 0 Å². The number of carboxylic acids is 1. The highest BCUT2D eigenvalue weighted by Crippen LogP contribution is 2.42. The predicted octanol–water partition coefficient (Wildman–Crippen LogP) is 0.300. The molecular weight excluding hydrogens is 284 g/mol. The maximum Gasteiger partial charge on any atom is 0.313 e. The molecule has 1 amide bonds. The summed E-state index contributed by atoms with van der Waals surface area (Å²) in [5.41, 5.74) is 0.526. The third-order valence-electron chi connectivity index (χ3n) is 4.99. The minimum absolute atomic E-state index is 0.00620. The van der Waals surface area contributed by atoms with Crippen LogP contribution in [0.1, 0.15) is 23.1 Å². The molecule has 1 N–H and O–H groups in total. The van der Waals surface area contributed by atoms with Crippen LogP contribution >= 0.6 is 0 Å². The molecule has 0 unspecified atom stereocenters. The van der Waals surface area contributed by atoms with Crippen molar-refractivity contribution in [3.8, 4) is 0 Å². The Labute approximate surface area is 129 Å². The van der Waals surface area contributed by atoms with Gasteiger partial charge in [0.15, 0.2) is 5.69 Å². The number of carboxylic acid groups (broad SMARTS) is 1. The Bertz CT molecular complexity index is 626. The Balaban J connectivity index is 1.83. The van der Waals surface area contributed by atoms with Crippen LogP contribution in [0.3, 0.4) is 0 Å². The second kappa shape index (κ2) is 5.08. The van der Waals surface area contributed by atoms with E-state index in [1.807, 2.05) is 25.8 Å². The topological polar surface area (TPSA) is 78.7 Å². The largest absolute Gasteiger partial charge is 0.481 e. The van der Waals surface area contributed by atoms with Crippen molar-refractivity contribution in [1.82, 2.24) is 19.6 Å². The summed E-state index contributed by atoms with van der Waals surface area (Å²) in [7, 11) is 1.93. The van der Waals surface area contributed by atoms with Gasteiger partial charge in [-0.05, 0) is 27.0 Å². The molecule has 3 heterocycles. The normalized spacial score (nSPS) is 28.1. The Morgan fingerprint density at radius 3 is 2.68 bits per heavy atom. The number of fused-ring (bicyclic) bond motifs is 1. The van der Waals surface area contributed by atoms with E-state index >= 15 is 0 Å². The van der Waals surface area contributed by atoms with Crippen molar-refractivity contribution in [1.29, 1.82) is 0 Å². The summed E-state index contributed by atoms with van der Waals surface area (Å²) < 4.78 is 1.78. The average molecular weight is 306 g/mol. The monoisotopic (exact) mass is 306 g/mol. The Morgan fingerprint density at radius 2 is 2.14 bits per heavy atom. The van der Waals surface area contributed by atoms with Crippen molar-refractivity contribution < 1.29 is 14.7 Å². The molecule has 0 radical (unpaired) electrons. The number of carbonyl (C=O) groups is 2. The summed E-state index contributed by atoms with van der Waals surface area (Å²) in [6.45, 7) is 6.59. The molecule has 1 aromatic heterocycles. The molecule has 2 aliphatic rings. The van der Waals surface area contributed by atoms with Crippen molar-refractivity contribution >= 4 is 11.9 Å². The molecule has 3 rings (SSSR count). The number of rotatable bonds is 3. The maximum absolute atomic E-state index is 12.6. The van der Waals surface area contributed by atoms with Crippen molar-refractivity contribution in [2.75, 3.05) is 33.2 Å². The third-order valence-corrected chi connectivity index (χ3v) is 4.99. The summed E-state index contributed by atoms with van der Waals surface area (Å²) in [6.07, 6.45) is 0. The number of hydrogen-bond acceptors (Lipinski definition) is 4. The summed E-state index contributed by atoms with van der Waals surface area (Å²) in [5.74, 6) is -0.964. The number of likely N-dealkylation sites (tertiary alicyclic amines) is 2. The lowest BCUT2D eigenvalue weighted by Crippen LogP contribution is -2.41. The van der Waals surface area contributed by atoms with Crippen LogP contribution in [0.4, 0.5) is 0 Å². The van der Waals surface area contributed by atoms with E-state index in [4.69, 9.17) is 0 Å². The van der Waals surface area contributed by atoms with E-state index < -0.39 is 11.4 Å². The van der Waals surface area contributed by atoms with Gasteiger partial charge in [0.1, 0.15) is 5.41 Å². The van der Waals surface area contributed by atoms with Crippen molar-refractivity contribution in [3.63, 3.8) is 0 Å². The van der Waals surface area contributed by atoms with Crippen LogP contribution in [0, 0.1) is 18.3 Å². The van der Waals surface area contributed by atoms with Gasteiger partial charge in [0.2, 0.25) is 0 Å². The standard InChI is InChI=1S/C15H22N4O3/c1-4-19-10(2)5-12(16-19)13(20)18-7-11-6-17(3)8-15(11,9-18)14(21)22/h5,11H,4,6-9H2,1-3H3,(H,21,22)/t11-,15-/m0/s1. The van der Waals surface area contributed by atoms with Gasteiger partial charge in [-0.1, -0.05) is 0 Å². The van der Waals surface area contributed by atoms with E-state index in [1.165, 1.54) is 0 Å². The van der Waals surface area contributed by atoms with E-state index in [0.717, 1.165) is 12.2 Å². The number of nitrogens with zero attached hydrogens (tertiary/aromatic N) is 4. The van der Waals surface area contributed by atoms with Crippen LogP contribution in [-0.2, 0) is 11.3 Å². The highest BCUT2D eigenvalue weighted by molar-refractivity contribution is 5.93.